The number of carbonyl (C=O) groups is 2. The molecule has 1 aliphatic heterocycles. The molecule has 2 amide bonds. The van der Waals surface area contributed by atoms with Crippen molar-refractivity contribution in [3.8, 4) is 11.5 Å². The average Bonchev–Trinajstić information content (AvgIpc) is 3.44. The SMILES string of the molecule is O=C(CSc1nnc(-c2ccccc2)o1)N1CCN(C(=O)c2ccco2)CC1. The first-order chi connectivity index (χ1) is 13.7. The van der Waals surface area contributed by atoms with Crippen LogP contribution in [0.5, 0.6) is 0 Å². The lowest BCUT2D eigenvalue weighted by Gasteiger charge is -2.34. The maximum Gasteiger partial charge on any atom is 0.289 e. The Labute approximate surface area is 165 Å². The second kappa shape index (κ2) is 8.30. The van der Waals surface area contributed by atoms with Crippen LogP contribution in [0.4, 0.5) is 0 Å². The molecule has 0 unspecified atom stereocenters. The predicted molar refractivity (Wildman–Crippen MR) is 102 cm³/mol. The number of hydrogen-bond acceptors (Lipinski definition) is 7. The van der Waals surface area contributed by atoms with Gasteiger partial charge in [0.05, 0.1) is 12.0 Å². The molecule has 1 aliphatic rings. The molecule has 4 rings (SSSR count). The first-order valence-corrected chi connectivity index (χ1v) is 9.81. The largest absolute Gasteiger partial charge is 0.459 e. The van der Waals surface area contributed by atoms with Gasteiger partial charge in [0.1, 0.15) is 0 Å². The van der Waals surface area contributed by atoms with Gasteiger partial charge < -0.3 is 18.6 Å². The van der Waals surface area contributed by atoms with E-state index in [0.29, 0.717) is 43.1 Å². The molecule has 0 N–H and O–H groups in total. The summed E-state index contributed by atoms with van der Waals surface area (Å²) in [7, 11) is 0. The summed E-state index contributed by atoms with van der Waals surface area (Å²) in [5.74, 6) is 0.796. The molecule has 0 saturated carbocycles. The van der Waals surface area contributed by atoms with E-state index in [-0.39, 0.29) is 17.6 Å². The normalized spacial score (nSPS) is 14.3. The van der Waals surface area contributed by atoms with Crippen LogP contribution in [0.15, 0.2) is 62.8 Å². The second-order valence-corrected chi connectivity index (χ2v) is 7.10. The number of aromatic nitrogens is 2. The van der Waals surface area contributed by atoms with Gasteiger partial charge in [-0.1, -0.05) is 30.0 Å². The Morgan fingerprint density at radius 2 is 1.71 bits per heavy atom. The van der Waals surface area contributed by atoms with E-state index in [1.54, 1.807) is 21.9 Å². The van der Waals surface area contributed by atoms with Gasteiger partial charge in [-0.25, -0.2) is 0 Å². The minimum absolute atomic E-state index is 0.0189. The smallest absolute Gasteiger partial charge is 0.289 e. The number of piperazine rings is 1. The minimum Gasteiger partial charge on any atom is -0.459 e. The van der Waals surface area contributed by atoms with E-state index in [1.807, 2.05) is 30.3 Å². The summed E-state index contributed by atoms with van der Waals surface area (Å²) in [6, 6.07) is 12.8. The number of carbonyl (C=O) groups excluding carboxylic acids is 2. The molecule has 3 heterocycles. The van der Waals surface area contributed by atoms with Crippen molar-refractivity contribution in [3.63, 3.8) is 0 Å². The highest BCUT2D eigenvalue weighted by Crippen LogP contribution is 2.23. The predicted octanol–water partition coefficient (Wildman–Crippen LogP) is 2.41. The summed E-state index contributed by atoms with van der Waals surface area (Å²) in [5, 5.41) is 8.36. The topological polar surface area (TPSA) is 92.7 Å². The highest BCUT2D eigenvalue weighted by atomic mass is 32.2. The van der Waals surface area contributed by atoms with Crippen molar-refractivity contribution in [2.24, 2.45) is 0 Å². The quantitative estimate of drug-likeness (QED) is 0.609. The van der Waals surface area contributed by atoms with Crippen molar-refractivity contribution in [2.45, 2.75) is 5.22 Å². The van der Waals surface area contributed by atoms with Crippen LogP contribution in [0.25, 0.3) is 11.5 Å². The molecule has 1 fully saturated rings. The second-order valence-electron chi connectivity index (χ2n) is 6.18. The Bertz CT molecular complexity index is 934. The van der Waals surface area contributed by atoms with Crippen molar-refractivity contribution in [1.82, 2.24) is 20.0 Å². The molecule has 8 nitrogen and oxygen atoms in total. The number of hydrogen-bond donors (Lipinski definition) is 0. The Hall–Kier alpha value is -3.07. The van der Waals surface area contributed by atoms with Crippen LogP contribution < -0.4 is 0 Å². The molecule has 28 heavy (non-hydrogen) atoms. The summed E-state index contributed by atoms with van der Waals surface area (Å²) in [6.07, 6.45) is 1.48. The third-order valence-electron chi connectivity index (χ3n) is 4.40. The fourth-order valence-corrected chi connectivity index (χ4v) is 3.56. The maximum atomic E-state index is 12.4. The summed E-state index contributed by atoms with van der Waals surface area (Å²) in [5.41, 5.74) is 0.838. The van der Waals surface area contributed by atoms with Crippen molar-refractivity contribution in [2.75, 3.05) is 31.9 Å². The number of furan rings is 1. The molecule has 0 spiro atoms. The summed E-state index contributed by atoms with van der Waals surface area (Å²) in [4.78, 5) is 28.1. The molecular weight excluding hydrogens is 380 g/mol. The Morgan fingerprint density at radius 3 is 2.43 bits per heavy atom. The summed E-state index contributed by atoms with van der Waals surface area (Å²) >= 11 is 1.22. The zero-order valence-corrected chi connectivity index (χ0v) is 15.8. The van der Waals surface area contributed by atoms with Crippen molar-refractivity contribution < 1.29 is 18.4 Å². The number of benzene rings is 1. The van der Waals surface area contributed by atoms with E-state index in [0.717, 1.165) is 5.56 Å². The Balaban J connectivity index is 1.26. The van der Waals surface area contributed by atoms with Gasteiger partial charge in [0.25, 0.3) is 11.1 Å². The van der Waals surface area contributed by atoms with E-state index in [2.05, 4.69) is 10.2 Å². The van der Waals surface area contributed by atoms with Crippen LogP contribution in [0.2, 0.25) is 0 Å². The highest BCUT2D eigenvalue weighted by molar-refractivity contribution is 7.99. The van der Waals surface area contributed by atoms with Crippen molar-refractivity contribution >= 4 is 23.6 Å². The molecule has 144 valence electrons. The van der Waals surface area contributed by atoms with Gasteiger partial charge in [0, 0.05) is 31.7 Å². The van der Waals surface area contributed by atoms with E-state index >= 15 is 0 Å². The molecule has 2 aromatic heterocycles. The number of thioether (sulfide) groups is 1. The van der Waals surface area contributed by atoms with Gasteiger partial charge in [-0.3, -0.25) is 9.59 Å². The zero-order valence-electron chi connectivity index (χ0n) is 15.0. The van der Waals surface area contributed by atoms with Crippen LogP contribution in [0, 0.1) is 0 Å². The highest BCUT2D eigenvalue weighted by Gasteiger charge is 2.26. The van der Waals surface area contributed by atoms with Crippen molar-refractivity contribution in [1.29, 1.82) is 0 Å². The number of rotatable bonds is 5. The molecular formula is C19H18N4O4S. The zero-order chi connectivity index (χ0) is 19.3. The fourth-order valence-electron chi connectivity index (χ4n) is 2.90. The maximum absolute atomic E-state index is 12.4. The van der Waals surface area contributed by atoms with Gasteiger partial charge in [-0.2, -0.15) is 0 Å². The van der Waals surface area contributed by atoms with Crippen LogP contribution in [-0.2, 0) is 4.79 Å². The van der Waals surface area contributed by atoms with E-state index in [9.17, 15) is 9.59 Å². The number of amides is 2. The Kier molecular flexibility index (Phi) is 5.43. The molecule has 0 bridgehead atoms. The van der Waals surface area contributed by atoms with Gasteiger partial charge in [-0.15, -0.1) is 10.2 Å². The molecule has 1 saturated heterocycles. The molecule has 1 aromatic carbocycles. The first kappa shape index (κ1) is 18.3. The standard InChI is InChI=1S/C19H18N4O4S/c24-16(13-28-19-21-20-17(27-19)14-5-2-1-3-6-14)22-8-10-23(11-9-22)18(25)15-7-4-12-26-15/h1-7,12H,8-11,13H2. The molecule has 0 aliphatic carbocycles. The van der Waals surface area contributed by atoms with Crippen LogP contribution >= 0.6 is 11.8 Å². The van der Waals surface area contributed by atoms with Gasteiger partial charge in [0.15, 0.2) is 5.76 Å². The van der Waals surface area contributed by atoms with Gasteiger partial charge in [0.2, 0.25) is 11.8 Å². The van der Waals surface area contributed by atoms with Crippen LogP contribution in [0.3, 0.4) is 0 Å². The van der Waals surface area contributed by atoms with Crippen molar-refractivity contribution in [3.05, 3.63) is 54.5 Å². The van der Waals surface area contributed by atoms with Gasteiger partial charge >= 0.3 is 0 Å². The lowest BCUT2D eigenvalue weighted by atomic mass is 10.2. The van der Waals surface area contributed by atoms with E-state index in [4.69, 9.17) is 8.83 Å². The fraction of sp³-hybridized carbons (Fsp3) is 0.263. The van der Waals surface area contributed by atoms with Crippen LogP contribution in [-0.4, -0.2) is 63.7 Å². The summed E-state index contributed by atoms with van der Waals surface area (Å²) < 4.78 is 10.7. The minimum atomic E-state index is -0.147. The van der Waals surface area contributed by atoms with E-state index < -0.39 is 0 Å². The van der Waals surface area contributed by atoms with Crippen LogP contribution in [0.1, 0.15) is 10.6 Å². The average molecular weight is 398 g/mol. The van der Waals surface area contributed by atoms with Gasteiger partial charge in [-0.05, 0) is 24.3 Å². The third kappa shape index (κ3) is 4.09. The van der Waals surface area contributed by atoms with E-state index in [1.165, 1.54) is 18.0 Å². The monoisotopic (exact) mass is 398 g/mol. The molecule has 9 heteroatoms. The molecule has 3 aromatic rings. The third-order valence-corrected chi connectivity index (χ3v) is 5.20. The summed E-state index contributed by atoms with van der Waals surface area (Å²) in [6.45, 7) is 1.94. The first-order valence-electron chi connectivity index (χ1n) is 8.83. The molecule has 0 atom stereocenters. The number of nitrogens with zero attached hydrogens (tertiary/aromatic N) is 4. The Morgan fingerprint density at radius 1 is 0.964 bits per heavy atom. The lowest BCUT2D eigenvalue weighted by Crippen LogP contribution is -2.51. The molecule has 0 radical (unpaired) electrons. The lowest BCUT2D eigenvalue weighted by molar-refractivity contribution is -0.129.